The molecule has 0 unspecified atom stereocenters. The summed E-state index contributed by atoms with van der Waals surface area (Å²) in [6.45, 7) is 5.21. The van der Waals surface area contributed by atoms with Crippen LogP contribution in [0.5, 0.6) is 0 Å². The maximum absolute atomic E-state index is 6.13. The lowest BCUT2D eigenvalue weighted by molar-refractivity contribution is -0.258. The molecule has 0 aliphatic carbocycles. The molecular formula is C22H26O5. The van der Waals surface area contributed by atoms with Gasteiger partial charge in [0, 0.05) is 0 Å². The second kappa shape index (κ2) is 8.09. The molecule has 2 saturated heterocycles. The van der Waals surface area contributed by atoms with Crippen molar-refractivity contribution < 1.29 is 23.7 Å². The maximum Gasteiger partial charge on any atom is 0.187 e. The lowest BCUT2D eigenvalue weighted by Crippen LogP contribution is -2.53. The zero-order chi connectivity index (χ0) is 18.7. The summed E-state index contributed by atoms with van der Waals surface area (Å²) in [7, 11) is 0. The zero-order valence-electron chi connectivity index (χ0n) is 15.7. The van der Waals surface area contributed by atoms with Gasteiger partial charge in [-0.3, -0.25) is 0 Å². The molecule has 2 heterocycles. The molecule has 0 spiro atoms. The molecule has 5 heteroatoms. The van der Waals surface area contributed by atoms with Crippen molar-refractivity contribution in [3.05, 3.63) is 71.8 Å². The number of fused-ring (bicyclic) bond motifs is 1. The number of rotatable bonds is 6. The van der Waals surface area contributed by atoms with Gasteiger partial charge in [0.1, 0.15) is 18.3 Å². The monoisotopic (exact) mass is 370 g/mol. The van der Waals surface area contributed by atoms with Gasteiger partial charge in [0.15, 0.2) is 12.1 Å². The van der Waals surface area contributed by atoms with E-state index in [0.717, 1.165) is 11.1 Å². The normalized spacial score (nSPS) is 29.4. The number of benzene rings is 2. The summed E-state index contributed by atoms with van der Waals surface area (Å²) in [6.07, 6.45) is -1.22. The standard InChI is InChI=1S/C22H26O5/c1-22(2)26-19-18(23-13-16-9-5-3-6-10-16)15-25-21(20(19)27-22)24-14-17-11-7-4-8-12-17/h3-12,18-21H,13-15H2,1-2H3/t18-,19-,20+,21+/m0/s1. The van der Waals surface area contributed by atoms with Crippen LogP contribution in [0.3, 0.4) is 0 Å². The van der Waals surface area contributed by atoms with Crippen molar-refractivity contribution in [1.82, 2.24) is 0 Å². The van der Waals surface area contributed by atoms with Crippen LogP contribution < -0.4 is 0 Å². The van der Waals surface area contributed by atoms with Crippen LogP contribution in [0.15, 0.2) is 60.7 Å². The Morgan fingerprint density at radius 1 is 0.815 bits per heavy atom. The summed E-state index contributed by atoms with van der Waals surface area (Å²) >= 11 is 0. The minimum absolute atomic E-state index is 0.200. The molecule has 0 bridgehead atoms. The van der Waals surface area contributed by atoms with E-state index in [9.17, 15) is 0 Å². The summed E-state index contributed by atoms with van der Waals surface area (Å²) in [5.41, 5.74) is 2.22. The van der Waals surface area contributed by atoms with E-state index in [4.69, 9.17) is 23.7 Å². The van der Waals surface area contributed by atoms with Crippen LogP contribution in [0, 0.1) is 0 Å². The molecule has 2 aromatic rings. The summed E-state index contributed by atoms with van der Waals surface area (Å²) < 4.78 is 30.3. The Hall–Kier alpha value is -1.76. The summed E-state index contributed by atoms with van der Waals surface area (Å²) in [5, 5.41) is 0. The fourth-order valence-electron chi connectivity index (χ4n) is 3.51. The molecule has 0 saturated carbocycles. The largest absolute Gasteiger partial charge is 0.368 e. The van der Waals surface area contributed by atoms with Gasteiger partial charge in [0.25, 0.3) is 0 Å². The highest BCUT2D eigenvalue weighted by molar-refractivity contribution is 5.14. The van der Waals surface area contributed by atoms with Gasteiger partial charge in [0.2, 0.25) is 0 Å². The topological polar surface area (TPSA) is 46.2 Å². The Morgan fingerprint density at radius 2 is 1.37 bits per heavy atom. The third kappa shape index (κ3) is 4.57. The zero-order valence-corrected chi connectivity index (χ0v) is 15.7. The van der Waals surface area contributed by atoms with E-state index in [1.54, 1.807) is 0 Å². The van der Waals surface area contributed by atoms with Crippen LogP contribution in [-0.4, -0.2) is 37.0 Å². The van der Waals surface area contributed by atoms with Crippen LogP contribution in [0.4, 0.5) is 0 Å². The molecule has 4 rings (SSSR count). The van der Waals surface area contributed by atoms with Crippen LogP contribution in [0.1, 0.15) is 25.0 Å². The highest BCUT2D eigenvalue weighted by Crippen LogP contribution is 2.37. The van der Waals surface area contributed by atoms with Gasteiger partial charge in [-0.2, -0.15) is 0 Å². The molecule has 2 fully saturated rings. The number of ether oxygens (including phenoxy) is 5. The molecule has 4 atom stereocenters. The second-order valence-electron chi connectivity index (χ2n) is 7.40. The molecule has 2 aromatic carbocycles. The van der Waals surface area contributed by atoms with Gasteiger partial charge in [-0.05, 0) is 25.0 Å². The van der Waals surface area contributed by atoms with Crippen molar-refractivity contribution in [3.63, 3.8) is 0 Å². The van der Waals surface area contributed by atoms with E-state index < -0.39 is 12.1 Å². The smallest absolute Gasteiger partial charge is 0.187 e. The Labute approximate surface area is 160 Å². The molecule has 27 heavy (non-hydrogen) atoms. The summed E-state index contributed by atoms with van der Waals surface area (Å²) in [6, 6.07) is 20.1. The van der Waals surface area contributed by atoms with Gasteiger partial charge < -0.3 is 23.7 Å². The van der Waals surface area contributed by atoms with E-state index in [-0.39, 0.29) is 18.3 Å². The quantitative estimate of drug-likeness (QED) is 0.776. The summed E-state index contributed by atoms with van der Waals surface area (Å²) in [4.78, 5) is 0. The van der Waals surface area contributed by atoms with Gasteiger partial charge in [-0.15, -0.1) is 0 Å². The first-order valence-corrected chi connectivity index (χ1v) is 9.39. The molecule has 0 radical (unpaired) electrons. The van der Waals surface area contributed by atoms with Crippen molar-refractivity contribution >= 4 is 0 Å². The van der Waals surface area contributed by atoms with Gasteiger partial charge in [0.05, 0.1) is 19.8 Å². The molecule has 2 aliphatic heterocycles. The Balaban J connectivity index is 1.40. The van der Waals surface area contributed by atoms with Crippen LogP contribution in [-0.2, 0) is 36.9 Å². The number of hydrogen-bond acceptors (Lipinski definition) is 5. The van der Waals surface area contributed by atoms with Gasteiger partial charge >= 0.3 is 0 Å². The maximum atomic E-state index is 6.13. The predicted octanol–water partition coefficient (Wildman–Crippen LogP) is 3.67. The minimum atomic E-state index is -0.689. The molecular weight excluding hydrogens is 344 g/mol. The Kier molecular flexibility index (Phi) is 5.57. The van der Waals surface area contributed by atoms with Gasteiger partial charge in [-0.1, -0.05) is 60.7 Å². The number of hydrogen-bond donors (Lipinski definition) is 0. The SMILES string of the molecule is CC1(C)O[C@@H]2[C@@H](O1)[C@H](OCc1ccccc1)OC[C@@H]2OCc1ccccc1. The van der Waals surface area contributed by atoms with E-state index in [0.29, 0.717) is 19.8 Å². The third-order valence-corrected chi connectivity index (χ3v) is 4.79. The average molecular weight is 370 g/mol. The van der Waals surface area contributed by atoms with E-state index >= 15 is 0 Å². The molecule has 0 aromatic heterocycles. The molecule has 2 aliphatic rings. The van der Waals surface area contributed by atoms with Crippen LogP contribution in [0.25, 0.3) is 0 Å². The molecule has 5 nitrogen and oxygen atoms in total. The first-order valence-electron chi connectivity index (χ1n) is 9.39. The Bertz CT molecular complexity index is 656. The van der Waals surface area contributed by atoms with E-state index in [1.807, 2.05) is 74.5 Å². The Morgan fingerprint density at radius 3 is 2.00 bits per heavy atom. The first-order chi connectivity index (χ1) is 13.1. The molecule has 0 amide bonds. The second-order valence-corrected chi connectivity index (χ2v) is 7.40. The van der Waals surface area contributed by atoms with Crippen LogP contribution in [0.2, 0.25) is 0 Å². The highest BCUT2D eigenvalue weighted by Gasteiger charge is 2.53. The fraction of sp³-hybridized carbons (Fsp3) is 0.455. The third-order valence-electron chi connectivity index (χ3n) is 4.79. The minimum Gasteiger partial charge on any atom is -0.368 e. The summed E-state index contributed by atoms with van der Waals surface area (Å²) in [5.74, 6) is -0.689. The van der Waals surface area contributed by atoms with Crippen molar-refractivity contribution in [3.8, 4) is 0 Å². The fourth-order valence-corrected chi connectivity index (χ4v) is 3.51. The van der Waals surface area contributed by atoms with Crippen LogP contribution >= 0.6 is 0 Å². The van der Waals surface area contributed by atoms with Crippen molar-refractivity contribution in [2.24, 2.45) is 0 Å². The van der Waals surface area contributed by atoms with Crippen molar-refractivity contribution in [1.29, 1.82) is 0 Å². The predicted molar refractivity (Wildman–Crippen MR) is 99.8 cm³/mol. The van der Waals surface area contributed by atoms with E-state index in [2.05, 4.69) is 0 Å². The van der Waals surface area contributed by atoms with Gasteiger partial charge in [-0.25, -0.2) is 0 Å². The van der Waals surface area contributed by atoms with E-state index in [1.165, 1.54) is 0 Å². The van der Waals surface area contributed by atoms with Crippen molar-refractivity contribution in [2.45, 2.75) is 57.5 Å². The average Bonchev–Trinajstić information content (AvgIpc) is 3.02. The van der Waals surface area contributed by atoms with Crippen molar-refractivity contribution in [2.75, 3.05) is 6.61 Å². The molecule has 144 valence electrons. The highest BCUT2D eigenvalue weighted by atomic mass is 16.8. The lowest BCUT2D eigenvalue weighted by atomic mass is 10.1. The lowest BCUT2D eigenvalue weighted by Gasteiger charge is -2.36. The molecule has 0 N–H and O–H groups in total. The first kappa shape index (κ1) is 18.6.